The van der Waals surface area contributed by atoms with Gasteiger partial charge in [-0.3, -0.25) is 4.79 Å². The Morgan fingerprint density at radius 3 is 2.08 bits per heavy atom. The van der Waals surface area contributed by atoms with Crippen molar-refractivity contribution >= 4 is 11.6 Å². The van der Waals surface area contributed by atoms with Gasteiger partial charge in [-0.25, -0.2) is 8.78 Å². The largest absolute Gasteiger partial charge is 0.489 e. The third kappa shape index (κ3) is 5.54. The predicted octanol–water partition coefficient (Wildman–Crippen LogP) is 6.76. The highest BCUT2D eigenvalue weighted by Gasteiger charge is 2.48. The van der Waals surface area contributed by atoms with E-state index in [-0.39, 0.29) is 29.5 Å². The number of carbonyl (C=O) groups excluding carboxylic acids is 1. The van der Waals surface area contributed by atoms with Gasteiger partial charge in [0.2, 0.25) is 5.91 Å². The second-order valence-corrected chi connectivity index (χ2v) is 9.22. The number of anilines is 1. The Labute approximate surface area is 214 Å². The molecule has 0 bridgehead atoms. The Hall–Kier alpha value is -4.03. The molecule has 4 aromatic rings. The molecule has 0 spiro atoms. The molecular formula is C31H27F2NO3. The van der Waals surface area contributed by atoms with E-state index in [2.05, 4.69) is 0 Å². The zero-order valence-electron chi connectivity index (χ0n) is 20.1. The molecule has 0 aromatic heterocycles. The summed E-state index contributed by atoms with van der Waals surface area (Å²) >= 11 is 0. The average molecular weight is 500 g/mol. The minimum atomic E-state index is -0.803. The number of carbonyl (C=O) groups is 1. The summed E-state index contributed by atoms with van der Waals surface area (Å²) in [5.41, 5.74) is 3.23. The number of ether oxygens (including phenoxy) is 1. The molecule has 0 aliphatic carbocycles. The Kier molecular flexibility index (Phi) is 7.28. The van der Waals surface area contributed by atoms with Crippen LogP contribution in [0.1, 0.15) is 41.7 Å². The molecule has 0 unspecified atom stereocenters. The van der Waals surface area contributed by atoms with Gasteiger partial charge in [0, 0.05) is 5.69 Å². The quantitative estimate of drug-likeness (QED) is 0.259. The Morgan fingerprint density at radius 2 is 1.43 bits per heavy atom. The van der Waals surface area contributed by atoms with Crippen LogP contribution in [0.15, 0.2) is 103 Å². The molecule has 188 valence electrons. The number of halogens is 2. The number of β-lactam (4-membered cyclic amide) rings is 1. The van der Waals surface area contributed by atoms with Gasteiger partial charge in [-0.2, -0.15) is 0 Å². The summed E-state index contributed by atoms with van der Waals surface area (Å²) in [7, 11) is 0. The Morgan fingerprint density at radius 1 is 0.811 bits per heavy atom. The minimum Gasteiger partial charge on any atom is -0.489 e. The normalized spacial score (nSPS) is 17.8. The van der Waals surface area contributed by atoms with Crippen LogP contribution < -0.4 is 9.64 Å². The molecule has 1 saturated heterocycles. The molecule has 0 radical (unpaired) electrons. The average Bonchev–Trinajstić information content (AvgIpc) is 2.93. The summed E-state index contributed by atoms with van der Waals surface area (Å²) in [5, 5.41) is 10.6. The number of hydrogen-bond donors (Lipinski definition) is 1. The van der Waals surface area contributed by atoms with Crippen molar-refractivity contribution in [1.29, 1.82) is 0 Å². The number of rotatable bonds is 9. The first kappa shape index (κ1) is 24.7. The van der Waals surface area contributed by atoms with Crippen molar-refractivity contribution in [1.82, 2.24) is 0 Å². The SMILES string of the molecule is O=C1[C@@H](CC[C@@H](O)c2ccc(F)cc2)[C@H](c2ccc(OCc3ccccc3)cc2)N1c1ccc(F)cc1. The van der Waals surface area contributed by atoms with Gasteiger partial charge in [-0.05, 0) is 78.1 Å². The van der Waals surface area contributed by atoms with E-state index in [9.17, 15) is 18.7 Å². The highest BCUT2D eigenvalue weighted by atomic mass is 19.1. The van der Waals surface area contributed by atoms with Crippen LogP contribution in [0.5, 0.6) is 5.75 Å². The van der Waals surface area contributed by atoms with Crippen molar-refractivity contribution in [2.24, 2.45) is 5.92 Å². The maximum absolute atomic E-state index is 13.5. The summed E-state index contributed by atoms with van der Waals surface area (Å²) in [6.45, 7) is 0.452. The Balaban J connectivity index is 1.32. The number of benzene rings is 4. The van der Waals surface area contributed by atoms with Crippen LogP contribution in [0.4, 0.5) is 14.5 Å². The number of amides is 1. The van der Waals surface area contributed by atoms with Crippen molar-refractivity contribution < 1.29 is 23.4 Å². The maximum Gasteiger partial charge on any atom is 0.233 e. The van der Waals surface area contributed by atoms with E-state index in [1.54, 1.807) is 29.2 Å². The van der Waals surface area contributed by atoms with Crippen molar-refractivity contribution in [3.63, 3.8) is 0 Å². The molecule has 0 saturated carbocycles. The van der Waals surface area contributed by atoms with Crippen LogP contribution in [0, 0.1) is 17.6 Å². The lowest BCUT2D eigenvalue weighted by atomic mass is 9.78. The van der Waals surface area contributed by atoms with Gasteiger partial charge in [0.25, 0.3) is 0 Å². The lowest BCUT2D eigenvalue weighted by Gasteiger charge is -2.48. The fraction of sp³-hybridized carbons (Fsp3) is 0.194. The van der Waals surface area contributed by atoms with Crippen LogP contribution in [-0.4, -0.2) is 11.0 Å². The van der Waals surface area contributed by atoms with E-state index >= 15 is 0 Å². The van der Waals surface area contributed by atoms with Gasteiger partial charge in [-0.15, -0.1) is 0 Å². The Bertz CT molecular complexity index is 1330. The third-order valence-electron chi connectivity index (χ3n) is 6.79. The molecule has 1 heterocycles. The highest BCUT2D eigenvalue weighted by Crippen LogP contribution is 2.46. The standard InChI is InChI=1S/C31H27F2NO3/c32-24-10-6-22(7-11-24)29(35)19-18-28-30(34(31(28)36)26-14-12-25(33)13-15-26)23-8-16-27(17-9-23)37-20-21-4-2-1-3-5-21/h1-17,28-30,35H,18-20H2/t28-,29+,30-/m0/s1. The van der Waals surface area contributed by atoms with Crippen LogP contribution >= 0.6 is 0 Å². The zero-order chi connectivity index (χ0) is 25.8. The van der Waals surface area contributed by atoms with Crippen molar-refractivity contribution in [2.45, 2.75) is 31.6 Å². The second kappa shape index (κ2) is 10.9. The number of aliphatic hydroxyl groups is 1. The van der Waals surface area contributed by atoms with Crippen LogP contribution in [0.25, 0.3) is 0 Å². The smallest absolute Gasteiger partial charge is 0.233 e. The van der Waals surface area contributed by atoms with Gasteiger partial charge in [0.15, 0.2) is 0 Å². The molecule has 1 aliphatic rings. The number of hydrogen-bond acceptors (Lipinski definition) is 3. The molecule has 3 atom stereocenters. The fourth-order valence-electron chi connectivity index (χ4n) is 4.79. The molecule has 5 rings (SSSR count). The van der Waals surface area contributed by atoms with Crippen molar-refractivity contribution in [3.05, 3.63) is 131 Å². The van der Waals surface area contributed by atoms with Crippen LogP contribution in [0.3, 0.4) is 0 Å². The summed E-state index contributed by atoms with van der Waals surface area (Å²) < 4.78 is 32.7. The third-order valence-corrected chi connectivity index (χ3v) is 6.79. The second-order valence-electron chi connectivity index (χ2n) is 9.22. The molecule has 4 nitrogen and oxygen atoms in total. The summed E-state index contributed by atoms with van der Waals surface area (Å²) in [6, 6.07) is 28.9. The van der Waals surface area contributed by atoms with Crippen molar-refractivity contribution in [2.75, 3.05) is 4.90 Å². The molecule has 6 heteroatoms. The topological polar surface area (TPSA) is 49.8 Å². The lowest BCUT2D eigenvalue weighted by molar-refractivity contribution is -0.131. The molecule has 1 amide bonds. The minimum absolute atomic E-state index is 0.0766. The number of aliphatic hydroxyl groups excluding tert-OH is 1. The fourth-order valence-corrected chi connectivity index (χ4v) is 4.79. The molecule has 1 fully saturated rings. The van der Waals surface area contributed by atoms with Gasteiger partial charge < -0.3 is 14.7 Å². The molecule has 1 N–H and O–H groups in total. The summed E-state index contributed by atoms with van der Waals surface area (Å²) in [4.78, 5) is 14.9. The lowest BCUT2D eigenvalue weighted by Crippen LogP contribution is -2.55. The van der Waals surface area contributed by atoms with Gasteiger partial charge in [0.1, 0.15) is 24.0 Å². The highest BCUT2D eigenvalue weighted by molar-refractivity contribution is 6.03. The molecule has 37 heavy (non-hydrogen) atoms. The van der Waals surface area contributed by atoms with Gasteiger partial charge in [-0.1, -0.05) is 54.6 Å². The van der Waals surface area contributed by atoms with E-state index in [4.69, 9.17) is 4.74 Å². The first-order valence-corrected chi connectivity index (χ1v) is 12.3. The van der Waals surface area contributed by atoms with E-state index < -0.39 is 6.10 Å². The van der Waals surface area contributed by atoms with Crippen LogP contribution in [0.2, 0.25) is 0 Å². The monoisotopic (exact) mass is 499 g/mol. The first-order valence-electron chi connectivity index (χ1n) is 12.3. The van der Waals surface area contributed by atoms with E-state index in [0.717, 1.165) is 16.9 Å². The molecule has 4 aromatic carbocycles. The summed E-state index contributed by atoms with van der Waals surface area (Å²) in [5.74, 6) is -0.443. The van der Waals surface area contributed by atoms with Crippen molar-refractivity contribution in [3.8, 4) is 5.75 Å². The zero-order valence-corrected chi connectivity index (χ0v) is 20.1. The van der Waals surface area contributed by atoms with E-state index in [1.165, 1.54) is 24.3 Å². The molecular weight excluding hydrogens is 472 g/mol. The van der Waals surface area contributed by atoms with Gasteiger partial charge in [0.05, 0.1) is 18.1 Å². The van der Waals surface area contributed by atoms with E-state index in [1.807, 2.05) is 54.6 Å². The van der Waals surface area contributed by atoms with Gasteiger partial charge >= 0.3 is 0 Å². The number of nitrogens with zero attached hydrogens (tertiary/aromatic N) is 1. The predicted molar refractivity (Wildman–Crippen MR) is 138 cm³/mol. The first-order chi connectivity index (χ1) is 18.0. The molecule has 1 aliphatic heterocycles. The maximum atomic E-state index is 13.5. The van der Waals surface area contributed by atoms with E-state index in [0.29, 0.717) is 30.7 Å². The van der Waals surface area contributed by atoms with Crippen LogP contribution in [-0.2, 0) is 11.4 Å². The summed E-state index contributed by atoms with van der Waals surface area (Å²) in [6.07, 6.45) is 0.00255.